The Labute approximate surface area is 199 Å². The molecule has 34 heavy (non-hydrogen) atoms. The normalized spacial score (nSPS) is 15.9. The summed E-state index contributed by atoms with van der Waals surface area (Å²) in [5, 5.41) is 20.3. The summed E-state index contributed by atoms with van der Waals surface area (Å²) < 4.78 is 4.04. The van der Waals surface area contributed by atoms with Crippen molar-refractivity contribution in [3.8, 4) is 11.1 Å². The number of hydrogen-bond donors (Lipinski definition) is 3. The molecule has 1 fully saturated rings. The van der Waals surface area contributed by atoms with Gasteiger partial charge in [-0.25, -0.2) is 14.1 Å². The van der Waals surface area contributed by atoms with Gasteiger partial charge in [0.05, 0.1) is 26.2 Å². The number of anilines is 3. The number of rotatable bonds is 8. The molecule has 0 aliphatic carbocycles. The van der Waals surface area contributed by atoms with Gasteiger partial charge in [-0.15, -0.1) is 0 Å². The van der Waals surface area contributed by atoms with Gasteiger partial charge in [0.1, 0.15) is 12.0 Å². The van der Waals surface area contributed by atoms with Gasteiger partial charge in [0.2, 0.25) is 11.6 Å². The number of pyridine rings is 2. The fraction of sp³-hybridized carbons (Fsp3) is 0.346. The first-order chi connectivity index (χ1) is 16.6. The summed E-state index contributed by atoms with van der Waals surface area (Å²) in [6.45, 7) is 4.81. The quantitative estimate of drug-likeness (QED) is 0.278. The molecule has 1 aromatic carbocycles. The van der Waals surface area contributed by atoms with Crippen molar-refractivity contribution in [2.24, 2.45) is 7.05 Å². The lowest BCUT2D eigenvalue weighted by molar-refractivity contribution is -0.644. The van der Waals surface area contributed by atoms with E-state index in [1.807, 2.05) is 10.7 Å². The van der Waals surface area contributed by atoms with Crippen LogP contribution in [0.2, 0.25) is 0 Å². The molecule has 0 radical (unpaired) electrons. The minimum atomic E-state index is 0.132. The third-order valence-electron chi connectivity index (χ3n) is 6.57. The molecule has 176 valence electrons. The Morgan fingerprint density at radius 1 is 1.15 bits per heavy atom. The van der Waals surface area contributed by atoms with E-state index in [-0.39, 0.29) is 6.61 Å². The van der Waals surface area contributed by atoms with Gasteiger partial charge < -0.3 is 10.4 Å². The number of aliphatic hydroxyl groups excluding tert-OH is 1. The first-order valence-electron chi connectivity index (χ1n) is 11.9. The Bertz CT molecular complexity index is 1290. The average Bonchev–Trinajstić information content (AvgIpc) is 3.50. The van der Waals surface area contributed by atoms with E-state index in [0.29, 0.717) is 19.1 Å². The van der Waals surface area contributed by atoms with Crippen molar-refractivity contribution in [1.29, 1.82) is 0 Å². The Morgan fingerprint density at radius 3 is 2.85 bits per heavy atom. The molecule has 4 aromatic rings. The van der Waals surface area contributed by atoms with E-state index in [2.05, 4.69) is 92.7 Å². The van der Waals surface area contributed by atoms with Crippen molar-refractivity contribution >= 4 is 23.0 Å². The van der Waals surface area contributed by atoms with Crippen molar-refractivity contribution < 1.29 is 9.67 Å². The van der Waals surface area contributed by atoms with Crippen LogP contribution in [0.3, 0.4) is 0 Å². The fourth-order valence-corrected chi connectivity index (χ4v) is 4.75. The lowest BCUT2D eigenvalue weighted by atomic mass is 10.0. The molecule has 1 aliphatic rings. The summed E-state index contributed by atoms with van der Waals surface area (Å²) in [5.41, 5.74) is 5.01. The highest BCUT2D eigenvalue weighted by Crippen LogP contribution is 2.29. The molecule has 1 atom stereocenters. The number of aromatic nitrogens is 4. The Kier molecular flexibility index (Phi) is 6.42. The smallest absolute Gasteiger partial charge is 0.226 e. The molecule has 3 N–H and O–H groups in total. The van der Waals surface area contributed by atoms with Crippen LogP contribution in [0.15, 0.2) is 61.1 Å². The second-order valence-electron chi connectivity index (χ2n) is 8.91. The third-order valence-corrected chi connectivity index (χ3v) is 6.57. The Morgan fingerprint density at radius 2 is 2.03 bits per heavy atom. The van der Waals surface area contributed by atoms with Gasteiger partial charge in [0.25, 0.3) is 0 Å². The zero-order valence-corrected chi connectivity index (χ0v) is 19.8. The molecule has 0 amide bonds. The summed E-state index contributed by atoms with van der Waals surface area (Å²) in [4.78, 5) is 6.97. The van der Waals surface area contributed by atoms with Crippen LogP contribution in [-0.4, -0.2) is 45.4 Å². The molecule has 8 heteroatoms. The largest absolute Gasteiger partial charge is 0.395 e. The van der Waals surface area contributed by atoms with Crippen molar-refractivity contribution in [2.75, 3.05) is 29.9 Å². The molecule has 0 spiro atoms. The number of fused-ring (bicyclic) bond motifs is 1. The first kappa shape index (κ1) is 22.3. The Hall–Kier alpha value is -3.49. The second-order valence-corrected chi connectivity index (χ2v) is 8.91. The zero-order chi connectivity index (χ0) is 23.5. The summed E-state index contributed by atoms with van der Waals surface area (Å²) in [6, 6.07) is 17.5. The van der Waals surface area contributed by atoms with E-state index < -0.39 is 0 Å². The number of nitrogens with zero attached hydrogens (tertiary/aromatic N) is 5. The minimum absolute atomic E-state index is 0.132. The van der Waals surface area contributed by atoms with Crippen molar-refractivity contribution in [2.45, 2.75) is 32.4 Å². The highest BCUT2D eigenvalue weighted by Gasteiger charge is 2.28. The number of benzene rings is 1. The van der Waals surface area contributed by atoms with Gasteiger partial charge in [-0.05, 0) is 49.1 Å². The van der Waals surface area contributed by atoms with Gasteiger partial charge in [-0.3, -0.25) is 10.2 Å². The molecule has 4 heterocycles. The summed E-state index contributed by atoms with van der Waals surface area (Å²) >= 11 is 0. The number of nitrogens with one attached hydrogen (secondary N) is 2. The highest BCUT2D eigenvalue weighted by atomic mass is 16.3. The molecule has 1 aliphatic heterocycles. The van der Waals surface area contributed by atoms with Crippen LogP contribution < -0.4 is 20.1 Å². The lowest BCUT2D eigenvalue weighted by Crippen LogP contribution is -2.42. The second kappa shape index (κ2) is 9.79. The summed E-state index contributed by atoms with van der Waals surface area (Å²) in [5.74, 6) is 2.22. The van der Waals surface area contributed by atoms with Crippen molar-refractivity contribution in [1.82, 2.24) is 19.9 Å². The van der Waals surface area contributed by atoms with E-state index in [1.165, 1.54) is 18.7 Å². The molecule has 0 saturated carbocycles. The minimum Gasteiger partial charge on any atom is -0.395 e. The molecule has 5 rings (SSSR count). The van der Waals surface area contributed by atoms with Gasteiger partial charge in [-0.1, -0.05) is 18.2 Å². The molecule has 3 aromatic heterocycles. The van der Waals surface area contributed by atoms with Crippen LogP contribution in [-0.2, 0) is 13.6 Å². The van der Waals surface area contributed by atoms with Gasteiger partial charge in [0.15, 0.2) is 5.65 Å². The van der Waals surface area contributed by atoms with Crippen LogP contribution in [0, 0.1) is 0 Å². The molecule has 1 saturated heterocycles. The first-order valence-corrected chi connectivity index (χ1v) is 11.9. The van der Waals surface area contributed by atoms with Crippen LogP contribution in [0.1, 0.15) is 25.3 Å². The van der Waals surface area contributed by atoms with E-state index in [4.69, 9.17) is 5.11 Å². The lowest BCUT2D eigenvalue weighted by Gasteiger charge is -2.21. The maximum atomic E-state index is 9.03. The molecule has 1 unspecified atom stereocenters. The zero-order valence-electron chi connectivity index (χ0n) is 19.8. The van der Waals surface area contributed by atoms with Gasteiger partial charge >= 0.3 is 0 Å². The standard InChI is InChI=1S/C26H31N7O/c1-19-6-5-12-32(19)25-10-4-9-24(31(25)2)30-23-15-22(17-33-26(23)28-18-29-33)21-8-3-7-20(14-21)16-27-11-13-34/h3-4,7-10,14-15,17-19,27,34H,5-6,11-13,16H2,1-2H3/p+1. The topological polar surface area (TPSA) is 81.6 Å². The summed E-state index contributed by atoms with van der Waals surface area (Å²) in [6.07, 6.45) is 6.06. The van der Waals surface area contributed by atoms with Crippen LogP contribution >= 0.6 is 0 Å². The summed E-state index contributed by atoms with van der Waals surface area (Å²) in [7, 11) is 2.11. The highest BCUT2D eigenvalue weighted by molar-refractivity contribution is 5.78. The number of hydrogen-bond acceptors (Lipinski definition) is 6. The fourth-order valence-electron chi connectivity index (χ4n) is 4.75. The predicted molar refractivity (Wildman–Crippen MR) is 134 cm³/mol. The van der Waals surface area contributed by atoms with Crippen LogP contribution in [0.5, 0.6) is 0 Å². The number of aliphatic hydroxyl groups is 1. The maximum Gasteiger partial charge on any atom is 0.226 e. The maximum absolute atomic E-state index is 9.03. The van der Waals surface area contributed by atoms with Crippen molar-refractivity contribution in [3.05, 3.63) is 66.6 Å². The van der Waals surface area contributed by atoms with E-state index in [1.54, 1.807) is 6.33 Å². The van der Waals surface area contributed by atoms with E-state index in [9.17, 15) is 0 Å². The molecule has 8 nitrogen and oxygen atoms in total. The van der Waals surface area contributed by atoms with Gasteiger partial charge in [0, 0.05) is 37.0 Å². The van der Waals surface area contributed by atoms with Crippen molar-refractivity contribution in [3.63, 3.8) is 0 Å². The van der Waals surface area contributed by atoms with E-state index >= 15 is 0 Å². The monoisotopic (exact) mass is 458 g/mol. The molecule has 0 bridgehead atoms. The van der Waals surface area contributed by atoms with Crippen LogP contribution in [0.25, 0.3) is 16.8 Å². The average molecular weight is 459 g/mol. The molecular formula is C26H32N7O+. The van der Waals surface area contributed by atoms with Crippen LogP contribution in [0.4, 0.5) is 17.3 Å². The SMILES string of the molecule is CC1CCCN1c1cccc(Nc2cc(-c3cccc(CNCCO)c3)cn3ncnc23)[n+]1C. The van der Waals surface area contributed by atoms with E-state index in [0.717, 1.165) is 40.4 Å². The Balaban J connectivity index is 1.49. The predicted octanol–water partition coefficient (Wildman–Crippen LogP) is 3.04. The van der Waals surface area contributed by atoms with Gasteiger partial charge in [-0.2, -0.15) is 5.10 Å². The third kappa shape index (κ3) is 4.47. The molecular weight excluding hydrogens is 426 g/mol.